The van der Waals surface area contributed by atoms with Crippen LogP contribution in [0.4, 0.5) is 0 Å². The average molecular weight is 265 g/mol. The van der Waals surface area contributed by atoms with E-state index in [-0.39, 0.29) is 0 Å². The molecule has 1 aromatic heterocycles. The van der Waals surface area contributed by atoms with Crippen molar-refractivity contribution in [3.05, 3.63) is 11.9 Å². The molecule has 2 rings (SSSR count). The van der Waals surface area contributed by atoms with E-state index in [0.29, 0.717) is 17.9 Å². The summed E-state index contributed by atoms with van der Waals surface area (Å²) in [6, 6.07) is 0.555. The normalized spacial score (nSPS) is 23.2. The number of ether oxygens (including phenoxy) is 1. The second-order valence-electron chi connectivity index (χ2n) is 5.77. The maximum Gasteiger partial charge on any atom is 0.160 e. The zero-order valence-corrected chi connectivity index (χ0v) is 12.6. The molecule has 1 aliphatic rings. The molecule has 0 radical (unpaired) electrons. The molecule has 2 atom stereocenters. The van der Waals surface area contributed by atoms with Crippen LogP contribution in [-0.4, -0.2) is 29.5 Å². The Morgan fingerprint density at radius 1 is 1.47 bits per heavy atom. The minimum Gasteiger partial charge on any atom is -0.493 e. The molecule has 0 saturated heterocycles. The van der Waals surface area contributed by atoms with E-state index in [4.69, 9.17) is 4.74 Å². The van der Waals surface area contributed by atoms with Crippen molar-refractivity contribution in [2.45, 2.75) is 58.5 Å². The van der Waals surface area contributed by atoms with Crippen LogP contribution in [0.2, 0.25) is 0 Å². The van der Waals surface area contributed by atoms with E-state index in [1.54, 1.807) is 7.11 Å². The Morgan fingerprint density at radius 2 is 2.26 bits per heavy atom. The summed E-state index contributed by atoms with van der Waals surface area (Å²) in [5.74, 6) is 2.25. The van der Waals surface area contributed by atoms with Crippen molar-refractivity contribution < 1.29 is 4.74 Å². The van der Waals surface area contributed by atoms with Crippen LogP contribution in [0, 0.1) is 5.92 Å². The lowest BCUT2D eigenvalue weighted by Crippen LogP contribution is -2.30. The van der Waals surface area contributed by atoms with E-state index in [1.807, 2.05) is 6.20 Å². The third-order valence-electron chi connectivity index (χ3n) is 4.16. The molecule has 1 saturated carbocycles. The molecular weight excluding hydrogens is 238 g/mol. The number of hydrogen-bond donors (Lipinski definition) is 1. The first-order valence-corrected chi connectivity index (χ1v) is 7.50. The molecule has 19 heavy (non-hydrogen) atoms. The predicted octanol–water partition coefficient (Wildman–Crippen LogP) is 2.79. The Bertz CT molecular complexity index is 379. The summed E-state index contributed by atoms with van der Waals surface area (Å²) in [5.41, 5.74) is 1.30. The van der Waals surface area contributed by atoms with Gasteiger partial charge >= 0.3 is 0 Å². The Balaban J connectivity index is 2.17. The lowest BCUT2D eigenvalue weighted by Gasteiger charge is -2.23. The van der Waals surface area contributed by atoms with Crippen LogP contribution in [-0.2, 0) is 6.54 Å². The van der Waals surface area contributed by atoms with Crippen molar-refractivity contribution in [3.63, 3.8) is 0 Å². The van der Waals surface area contributed by atoms with E-state index in [2.05, 4.69) is 35.9 Å². The number of aromatic nitrogens is 2. The lowest BCUT2D eigenvalue weighted by atomic mass is 9.92. The molecule has 0 amide bonds. The molecule has 0 spiro atoms. The summed E-state index contributed by atoms with van der Waals surface area (Å²) in [6.45, 7) is 8.58. The predicted molar refractivity (Wildman–Crippen MR) is 77.7 cm³/mol. The van der Waals surface area contributed by atoms with Gasteiger partial charge in [0.15, 0.2) is 5.75 Å². The van der Waals surface area contributed by atoms with E-state index in [0.717, 1.165) is 18.8 Å². The van der Waals surface area contributed by atoms with Gasteiger partial charge in [-0.15, -0.1) is 0 Å². The van der Waals surface area contributed by atoms with Crippen LogP contribution in [0.1, 0.15) is 51.6 Å². The third kappa shape index (κ3) is 3.11. The maximum absolute atomic E-state index is 5.51. The Hall–Kier alpha value is -1.03. The highest BCUT2D eigenvalue weighted by atomic mass is 16.5. The molecule has 1 aromatic rings. The van der Waals surface area contributed by atoms with Crippen molar-refractivity contribution >= 4 is 0 Å². The number of nitrogens with one attached hydrogen (secondary N) is 1. The lowest BCUT2D eigenvalue weighted by molar-refractivity contribution is 0.372. The van der Waals surface area contributed by atoms with Gasteiger partial charge < -0.3 is 10.1 Å². The van der Waals surface area contributed by atoms with Crippen molar-refractivity contribution in [3.8, 4) is 5.75 Å². The monoisotopic (exact) mass is 265 g/mol. The molecular formula is C15H27N3O. The Kier molecular flexibility index (Phi) is 4.86. The maximum atomic E-state index is 5.51. The van der Waals surface area contributed by atoms with Gasteiger partial charge in [-0.2, -0.15) is 5.10 Å². The van der Waals surface area contributed by atoms with Crippen molar-refractivity contribution in [2.24, 2.45) is 5.92 Å². The zero-order valence-electron chi connectivity index (χ0n) is 12.6. The van der Waals surface area contributed by atoms with Crippen LogP contribution in [0.3, 0.4) is 0 Å². The van der Waals surface area contributed by atoms with Crippen LogP contribution in [0.25, 0.3) is 0 Å². The van der Waals surface area contributed by atoms with Crippen molar-refractivity contribution in [2.75, 3.05) is 13.7 Å². The molecule has 4 nitrogen and oxygen atoms in total. The van der Waals surface area contributed by atoms with Crippen molar-refractivity contribution in [1.82, 2.24) is 15.1 Å². The van der Waals surface area contributed by atoms with Crippen LogP contribution >= 0.6 is 0 Å². The first kappa shape index (κ1) is 14.4. The van der Waals surface area contributed by atoms with Gasteiger partial charge in [0.2, 0.25) is 0 Å². The van der Waals surface area contributed by atoms with Crippen LogP contribution in [0.15, 0.2) is 6.20 Å². The van der Waals surface area contributed by atoms with Gasteiger partial charge in [0.25, 0.3) is 0 Å². The van der Waals surface area contributed by atoms with Gasteiger partial charge in [-0.1, -0.05) is 20.3 Å². The second kappa shape index (κ2) is 6.42. The average Bonchev–Trinajstić information content (AvgIpc) is 3.01. The van der Waals surface area contributed by atoms with Crippen molar-refractivity contribution in [1.29, 1.82) is 0 Å². The smallest absolute Gasteiger partial charge is 0.160 e. The third-order valence-corrected chi connectivity index (χ3v) is 4.16. The fourth-order valence-electron chi connectivity index (χ4n) is 3.19. The molecule has 108 valence electrons. The summed E-state index contributed by atoms with van der Waals surface area (Å²) in [7, 11) is 1.75. The molecule has 4 heteroatoms. The molecule has 0 bridgehead atoms. The summed E-state index contributed by atoms with van der Waals surface area (Å²) < 4.78 is 7.62. The molecule has 0 aliphatic heterocycles. The van der Waals surface area contributed by atoms with E-state index < -0.39 is 0 Å². The van der Waals surface area contributed by atoms with Gasteiger partial charge in [0.1, 0.15) is 0 Å². The van der Waals surface area contributed by atoms with E-state index in [1.165, 1.54) is 25.0 Å². The molecule has 0 aromatic carbocycles. The summed E-state index contributed by atoms with van der Waals surface area (Å²) in [6.07, 6.45) is 5.74. The zero-order chi connectivity index (χ0) is 13.8. The van der Waals surface area contributed by atoms with Crippen LogP contribution < -0.4 is 10.1 Å². The SMILES string of the molecule is CCn1ncc(OC)c1C1CCCC1CNC(C)C. The summed E-state index contributed by atoms with van der Waals surface area (Å²) in [4.78, 5) is 0. The quantitative estimate of drug-likeness (QED) is 0.859. The number of methoxy groups -OCH3 is 1. The molecule has 1 fully saturated rings. The standard InChI is InChI=1S/C15H27N3O/c1-5-18-15(14(19-4)10-17-18)13-8-6-7-12(13)9-16-11(2)3/h10-13,16H,5-9H2,1-4H3. The van der Waals surface area contributed by atoms with E-state index >= 15 is 0 Å². The number of nitrogens with zero attached hydrogens (tertiary/aromatic N) is 2. The largest absolute Gasteiger partial charge is 0.493 e. The van der Waals surface area contributed by atoms with Gasteiger partial charge in [-0.25, -0.2) is 0 Å². The molecule has 1 heterocycles. The van der Waals surface area contributed by atoms with Gasteiger partial charge in [-0.05, 0) is 32.2 Å². The minimum atomic E-state index is 0.555. The summed E-state index contributed by atoms with van der Waals surface area (Å²) in [5, 5.41) is 8.03. The molecule has 1 N–H and O–H groups in total. The fourth-order valence-corrected chi connectivity index (χ4v) is 3.19. The fraction of sp³-hybridized carbons (Fsp3) is 0.800. The number of aryl methyl sites for hydroxylation is 1. The topological polar surface area (TPSA) is 39.1 Å². The highest BCUT2D eigenvalue weighted by Crippen LogP contribution is 2.42. The molecule has 1 aliphatic carbocycles. The van der Waals surface area contributed by atoms with Crippen LogP contribution in [0.5, 0.6) is 5.75 Å². The Morgan fingerprint density at radius 3 is 2.89 bits per heavy atom. The van der Waals surface area contributed by atoms with Gasteiger partial charge in [-0.3, -0.25) is 4.68 Å². The number of rotatable bonds is 6. The first-order valence-electron chi connectivity index (χ1n) is 7.50. The first-order chi connectivity index (χ1) is 9.17. The molecule has 2 unspecified atom stereocenters. The number of hydrogen-bond acceptors (Lipinski definition) is 3. The van der Waals surface area contributed by atoms with E-state index in [9.17, 15) is 0 Å². The van der Waals surface area contributed by atoms with Gasteiger partial charge in [0, 0.05) is 18.5 Å². The highest BCUT2D eigenvalue weighted by molar-refractivity contribution is 5.30. The Labute approximate surface area is 116 Å². The second-order valence-corrected chi connectivity index (χ2v) is 5.77. The highest BCUT2D eigenvalue weighted by Gasteiger charge is 2.33. The van der Waals surface area contributed by atoms with Gasteiger partial charge in [0.05, 0.1) is 19.0 Å². The summed E-state index contributed by atoms with van der Waals surface area (Å²) >= 11 is 0. The minimum absolute atomic E-state index is 0.555.